The highest BCUT2D eigenvalue weighted by Crippen LogP contribution is 2.11. The predicted octanol–water partition coefficient (Wildman–Crippen LogP) is 1.45. The standard InChI is InChI=1S/C12H18N6O/c1-3-4-9(2)7-19-12-16-10(13)15-11(17-12)18-6-5-14-8-18/h5-6,8-9H,3-4,7H2,1-2H3,(H2,13,15,16,17). The fourth-order valence-electron chi connectivity index (χ4n) is 1.71. The van der Waals surface area contributed by atoms with Gasteiger partial charge in [-0.15, -0.1) is 0 Å². The molecule has 0 radical (unpaired) electrons. The zero-order valence-electron chi connectivity index (χ0n) is 11.2. The van der Waals surface area contributed by atoms with Crippen LogP contribution in [0, 0.1) is 5.92 Å². The lowest BCUT2D eigenvalue weighted by atomic mass is 10.1. The Morgan fingerprint density at radius 2 is 2.21 bits per heavy atom. The molecular weight excluding hydrogens is 244 g/mol. The maximum Gasteiger partial charge on any atom is 0.323 e. The van der Waals surface area contributed by atoms with Crippen LogP contribution in [0.1, 0.15) is 26.7 Å². The maximum atomic E-state index is 5.65. The van der Waals surface area contributed by atoms with Gasteiger partial charge in [0.25, 0.3) is 0 Å². The first-order valence-electron chi connectivity index (χ1n) is 6.31. The van der Waals surface area contributed by atoms with Crippen molar-refractivity contribution in [1.82, 2.24) is 24.5 Å². The number of nitrogens with zero attached hydrogens (tertiary/aromatic N) is 5. The Bertz CT molecular complexity index is 513. The number of nitrogens with two attached hydrogens (primary N) is 1. The van der Waals surface area contributed by atoms with Crippen LogP contribution in [0.25, 0.3) is 5.95 Å². The molecule has 102 valence electrons. The molecule has 7 nitrogen and oxygen atoms in total. The van der Waals surface area contributed by atoms with Crippen molar-refractivity contribution in [3.05, 3.63) is 18.7 Å². The molecular formula is C12H18N6O. The third-order valence-electron chi connectivity index (χ3n) is 2.63. The quantitative estimate of drug-likeness (QED) is 0.847. The molecule has 0 aliphatic rings. The van der Waals surface area contributed by atoms with Gasteiger partial charge in [-0.25, -0.2) is 4.98 Å². The summed E-state index contributed by atoms with van der Waals surface area (Å²) in [7, 11) is 0. The molecule has 1 atom stereocenters. The maximum absolute atomic E-state index is 5.65. The van der Waals surface area contributed by atoms with Crippen molar-refractivity contribution in [3.63, 3.8) is 0 Å². The number of hydrogen-bond acceptors (Lipinski definition) is 6. The van der Waals surface area contributed by atoms with E-state index in [1.54, 1.807) is 23.3 Å². The van der Waals surface area contributed by atoms with Crippen LogP contribution in [0.3, 0.4) is 0 Å². The first-order valence-corrected chi connectivity index (χ1v) is 6.31. The normalized spacial score (nSPS) is 12.3. The van der Waals surface area contributed by atoms with Crippen LogP contribution < -0.4 is 10.5 Å². The fourth-order valence-corrected chi connectivity index (χ4v) is 1.71. The van der Waals surface area contributed by atoms with E-state index in [1.807, 2.05) is 0 Å². The molecule has 0 bridgehead atoms. The van der Waals surface area contributed by atoms with Gasteiger partial charge in [-0.3, -0.25) is 4.57 Å². The molecule has 2 aromatic rings. The molecule has 0 aliphatic carbocycles. The second-order valence-electron chi connectivity index (χ2n) is 4.45. The summed E-state index contributed by atoms with van der Waals surface area (Å²) in [5.41, 5.74) is 5.65. The number of rotatable bonds is 6. The van der Waals surface area contributed by atoms with E-state index in [0.29, 0.717) is 18.5 Å². The number of anilines is 1. The average Bonchev–Trinajstić information content (AvgIpc) is 2.90. The van der Waals surface area contributed by atoms with Gasteiger partial charge in [0.1, 0.15) is 6.33 Å². The van der Waals surface area contributed by atoms with Crippen LogP contribution in [0.4, 0.5) is 5.95 Å². The van der Waals surface area contributed by atoms with E-state index in [2.05, 4.69) is 33.8 Å². The molecule has 0 aromatic carbocycles. The van der Waals surface area contributed by atoms with Crippen molar-refractivity contribution < 1.29 is 4.74 Å². The Labute approximate surface area is 111 Å². The van der Waals surface area contributed by atoms with Crippen molar-refractivity contribution in [2.45, 2.75) is 26.7 Å². The number of nitrogen functional groups attached to an aromatic ring is 1. The molecule has 19 heavy (non-hydrogen) atoms. The topological polar surface area (TPSA) is 91.7 Å². The van der Waals surface area contributed by atoms with Gasteiger partial charge in [-0.1, -0.05) is 20.3 Å². The lowest BCUT2D eigenvalue weighted by molar-refractivity contribution is 0.233. The summed E-state index contributed by atoms with van der Waals surface area (Å²) in [5.74, 6) is 1.000. The van der Waals surface area contributed by atoms with E-state index < -0.39 is 0 Å². The third kappa shape index (κ3) is 3.64. The van der Waals surface area contributed by atoms with E-state index >= 15 is 0 Å². The zero-order chi connectivity index (χ0) is 13.7. The van der Waals surface area contributed by atoms with Crippen LogP contribution in [-0.2, 0) is 0 Å². The summed E-state index contributed by atoms with van der Waals surface area (Å²) in [4.78, 5) is 16.2. The van der Waals surface area contributed by atoms with Gasteiger partial charge in [0.15, 0.2) is 0 Å². The number of imidazole rings is 1. The number of aromatic nitrogens is 5. The molecule has 2 heterocycles. The summed E-state index contributed by atoms with van der Waals surface area (Å²) >= 11 is 0. The second-order valence-corrected chi connectivity index (χ2v) is 4.45. The Morgan fingerprint density at radius 3 is 2.89 bits per heavy atom. The first kappa shape index (κ1) is 13.3. The Kier molecular flexibility index (Phi) is 4.27. The van der Waals surface area contributed by atoms with Crippen molar-refractivity contribution in [2.75, 3.05) is 12.3 Å². The lowest BCUT2D eigenvalue weighted by Crippen LogP contribution is -2.13. The largest absolute Gasteiger partial charge is 0.463 e. The van der Waals surface area contributed by atoms with Crippen molar-refractivity contribution >= 4 is 5.95 Å². The zero-order valence-corrected chi connectivity index (χ0v) is 11.2. The summed E-state index contributed by atoms with van der Waals surface area (Å²) in [6.45, 7) is 4.85. The minimum Gasteiger partial charge on any atom is -0.463 e. The summed E-state index contributed by atoms with van der Waals surface area (Å²) < 4.78 is 7.22. The van der Waals surface area contributed by atoms with Crippen molar-refractivity contribution in [3.8, 4) is 12.0 Å². The molecule has 0 saturated carbocycles. The molecule has 0 saturated heterocycles. The van der Waals surface area contributed by atoms with Gasteiger partial charge in [0.2, 0.25) is 11.9 Å². The Balaban J connectivity index is 2.09. The van der Waals surface area contributed by atoms with E-state index in [9.17, 15) is 0 Å². The van der Waals surface area contributed by atoms with Crippen molar-refractivity contribution in [2.24, 2.45) is 5.92 Å². The first-order chi connectivity index (χ1) is 9.19. The second kappa shape index (κ2) is 6.12. The smallest absolute Gasteiger partial charge is 0.323 e. The summed E-state index contributed by atoms with van der Waals surface area (Å²) in [6.07, 6.45) is 7.21. The molecule has 0 spiro atoms. The minimum absolute atomic E-state index is 0.136. The molecule has 0 aliphatic heterocycles. The highest BCUT2D eigenvalue weighted by Gasteiger charge is 2.09. The fraction of sp³-hybridized carbons (Fsp3) is 0.500. The lowest BCUT2D eigenvalue weighted by Gasteiger charge is -2.11. The highest BCUT2D eigenvalue weighted by atomic mass is 16.5. The van der Waals surface area contributed by atoms with E-state index in [4.69, 9.17) is 10.5 Å². The Morgan fingerprint density at radius 1 is 1.37 bits per heavy atom. The van der Waals surface area contributed by atoms with Gasteiger partial charge >= 0.3 is 6.01 Å². The van der Waals surface area contributed by atoms with Crippen LogP contribution in [0.15, 0.2) is 18.7 Å². The van der Waals surface area contributed by atoms with Crippen molar-refractivity contribution in [1.29, 1.82) is 0 Å². The minimum atomic E-state index is 0.136. The average molecular weight is 262 g/mol. The number of hydrogen-bond donors (Lipinski definition) is 1. The Hall–Kier alpha value is -2.18. The van der Waals surface area contributed by atoms with Gasteiger partial charge in [-0.05, 0) is 12.3 Å². The van der Waals surface area contributed by atoms with Crippen LogP contribution in [-0.4, -0.2) is 31.1 Å². The van der Waals surface area contributed by atoms with Crippen LogP contribution in [0.5, 0.6) is 6.01 Å². The molecule has 0 amide bonds. The van der Waals surface area contributed by atoms with Crippen LogP contribution >= 0.6 is 0 Å². The predicted molar refractivity (Wildman–Crippen MR) is 70.9 cm³/mol. The van der Waals surface area contributed by atoms with Gasteiger partial charge in [0, 0.05) is 12.4 Å². The summed E-state index contributed by atoms with van der Waals surface area (Å²) in [6, 6.07) is 0.249. The molecule has 2 rings (SSSR count). The highest BCUT2D eigenvalue weighted by molar-refractivity contribution is 5.24. The van der Waals surface area contributed by atoms with Gasteiger partial charge < -0.3 is 10.5 Å². The van der Waals surface area contributed by atoms with E-state index in [0.717, 1.165) is 12.8 Å². The molecule has 2 aromatic heterocycles. The number of ether oxygens (including phenoxy) is 1. The van der Waals surface area contributed by atoms with Gasteiger partial charge in [-0.2, -0.15) is 15.0 Å². The van der Waals surface area contributed by atoms with E-state index in [-0.39, 0.29) is 12.0 Å². The van der Waals surface area contributed by atoms with E-state index in [1.165, 1.54) is 0 Å². The molecule has 1 unspecified atom stereocenters. The molecule has 2 N–H and O–H groups in total. The summed E-state index contributed by atoms with van der Waals surface area (Å²) in [5, 5.41) is 0. The SMILES string of the molecule is CCCC(C)COc1nc(N)nc(-n2ccnc2)n1. The monoisotopic (exact) mass is 262 g/mol. The molecule has 7 heteroatoms. The van der Waals surface area contributed by atoms with Crippen LogP contribution in [0.2, 0.25) is 0 Å². The molecule has 0 fully saturated rings. The van der Waals surface area contributed by atoms with Gasteiger partial charge in [0.05, 0.1) is 6.61 Å². The third-order valence-corrected chi connectivity index (χ3v) is 2.63.